The summed E-state index contributed by atoms with van der Waals surface area (Å²) in [5, 5.41) is 0. The summed E-state index contributed by atoms with van der Waals surface area (Å²) in [6, 6.07) is 0. The summed E-state index contributed by atoms with van der Waals surface area (Å²) in [7, 11) is 0. The van der Waals surface area contributed by atoms with Crippen LogP contribution in [0.5, 0.6) is 0 Å². The first kappa shape index (κ1) is 65.4. The maximum Gasteiger partial charge on any atom is 0.306 e. The van der Waals surface area contributed by atoms with Crippen molar-refractivity contribution in [2.45, 2.75) is 316 Å². The summed E-state index contributed by atoms with van der Waals surface area (Å²) < 4.78 is 16.8. The molecule has 0 bridgehead atoms. The van der Waals surface area contributed by atoms with Crippen molar-refractivity contribution in [2.24, 2.45) is 0 Å². The zero-order chi connectivity index (χ0) is 49.3. The van der Waals surface area contributed by atoms with Gasteiger partial charge in [-0.3, -0.25) is 14.4 Å². The van der Waals surface area contributed by atoms with Crippen LogP contribution in [-0.2, 0) is 28.6 Å². The van der Waals surface area contributed by atoms with Gasteiger partial charge in [-0.15, -0.1) is 0 Å². The fourth-order valence-electron chi connectivity index (χ4n) is 8.67. The molecule has 396 valence electrons. The van der Waals surface area contributed by atoms with Gasteiger partial charge in [0.15, 0.2) is 6.10 Å². The van der Waals surface area contributed by atoms with Gasteiger partial charge < -0.3 is 14.2 Å². The summed E-state index contributed by atoms with van der Waals surface area (Å²) in [4.78, 5) is 38.0. The van der Waals surface area contributed by atoms with E-state index in [1.807, 2.05) is 0 Å². The smallest absolute Gasteiger partial charge is 0.306 e. The van der Waals surface area contributed by atoms with Crippen molar-refractivity contribution in [3.05, 3.63) is 48.6 Å². The standard InChI is InChI=1S/C62H112O6/c1-4-7-10-13-16-19-21-23-25-26-27-28-29-30-31-32-33-34-35-37-38-40-43-46-49-52-55-61(64)67-58-59(57-66-60(63)54-51-48-45-42-18-15-12-9-6-3)68-62(65)56-53-50-47-44-41-39-36-24-22-20-17-14-11-8-5-2/h8,11,17,20,24,36,41,44,59H,4-7,9-10,12-16,18-19,21-23,25-35,37-40,42-43,45-58H2,1-3H3/b11-8-,20-17-,36-24-,44-41-. The molecule has 0 aromatic rings. The van der Waals surface area contributed by atoms with Crippen molar-refractivity contribution in [1.82, 2.24) is 0 Å². The highest BCUT2D eigenvalue weighted by atomic mass is 16.6. The lowest BCUT2D eigenvalue weighted by molar-refractivity contribution is -0.167. The molecule has 0 aliphatic carbocycles. The third kappa shape index (κ3) is 54.3. The number of unbranched alkanes of at least 4 members (excludes halogenated alkanes) is 35. The molecule has 0 spiro atoms. The third-order valence-corrected chi connectivity index (χ3v) is 13.1. The summed E-state index contributed by atoms with van der Waals surface area (Å²) in [6.45, 7) is 6.51. The number of hydrogen-bond acceptors (Lipinski definition) is 6. The lowest BCUT2D eigenvalue weighted by Gasteiger charge is -2.18. The first-order chi connectivity index (χ1) is 33.5. The minimum absolute atomic E-state index is 0.0860. The van der Waals surface area contributed by atoms with E-state index in [-0.39, 0.29) is 37.5 Å². The molecule has 0 aromatic carbocycles. The average molecular weight is 954 g/mol. The number of rotatable bonds is 54. The van der Waals surface area contributed by atoms with E-state index in [4.69, 9.17) is 14.2 Å². The van der Waals surface area contributed by atoms with Crippen LogP contribution in [-0.4, -0.2) is 37.2 Å². The molecular weight excluding hydrogens is 841 g/mol. The second kappa shape index (κ2) is 57.0. The van der Waals surface area contributed by atoms with Crippen LogP contribution in [0, 0.1) is 0 Å². The zero-order valence-corrected chi connectivity index (χ0v) is 45.4. The van der Waals surface area contributed by atoms with Gasteiger partial charge in [0.2, 0.25) is 0 Å². The molecule has 0 aliphatic rings. The van der Waals surface area contributed by atoms with E-state index >= 15 is 0 Å². The summed E-state index contributed by atoms with van der Waals surface area (Å²) >= 11 is 0. The van der Waals surface area contributed by atoms with Gasteiger partial charge in [0.25, 0.3) is 0 Å². The topological polar surface area (TPSA) is 78.9 Å². The number of carbonyl (C=O) groups is 3. The molecule has 68 heavy (non-hydrogen) atoms. The van der Waals surface area contributed by atoms with Crippen LogP contribution in [0.3, 0.4) is 0 Å². The maximum absolute atomic E-state index is 12.8. The Hall–Kier alpha value is -2.63. The van der Waals surface area contributed by atoms with Crippen LogP contribution in [0.15, 0.2) is 48.6 Å². The van der Waals surface area contributed by atoms with E-state index in [2.05, 4.69) is 69.4 Å². The normalized spacial score (nSPS) is 12.3. The first-order valence-corrected chi connectivity index (χ1v) is 29.6. The largest absolute Gasteiger partial charge is 0.462 e. The molecule has 1 atom stereocenters. The monoisotopic (exact) mass is 953 g/mol. The van der Waals surface area contributed by atoms with Gasteiger partial charge in [-0.05, 0) is 57.8 Å². The zero-order valence-electron chi connectivity index (χ0n) is 45.4. The van der Waals surface area contributed by atoms with Gasteiger partial charge in [-0.1, -0.05) is 281 Å². The van der Waals surface area contributed by atoms with E-state index in [9.17, 15) is 14.4 Å². The number of carbonyl (C=O) groups excluding carboxylic acids is 3. The number of ether oxygens (including phenoxy) is 3. The van der Waals surface area contributed by atoms with Crippen molar-refractivity contribution in [2.75, 3.05) is 13.2 Å². The second-order valence-electron chi connectivity index (χ2n) is 19.9. The van der Waals surface area contributed by atoms with Crippen molar-refractivity contribution in [1.29, 1.82) is 0 Å². The Bertz CT molecular complexity index is 1190. The molecule has 0 amide bonds. The van der Waals surface area contributed by atoms with Gasteiger partial charge in [0, 0.05) is 19.3 Å². The molecule has 6 nitrogen and oxygen atoms in total. The molecule has 0 aliphatic heterocycles. The summed E-state index contributed by atoms with van der Waals surface area (Å²) in [6.07, 6.45) is 70.0. The van der Waals surface area contributed by atoms with Crippen LogP contribution in [0.4, 0.5) is 0 Å². The van der Waals surface area contributed by atoms with Crippen molar-refractivity contribution < 1.29 is 28.6 Å². The molecule has 0 aromatic heterocycles. The molecule has 6 heteroatoms. The summed E-state index contributed by atoms with van der Waals surface area (Å²) in [5.41, 5.74) is 0. The Kier molecular flexibility index (Phi) is 54.8. The second-order valence-corrected chi connectivity index (χ2v) is 19.9. The van der Waals surface area contributed by atoms with Gasteiger partial charge >= 0.3 is 17.9 Å². The van der Waals surface area contributed by atoms with Gasteiger partial charge in [-0.2, -0.15) is 0 Å². The predicted octanol–water partition coefficient (Wildman–Crippen LogP) is 19.8. The SMILES string of the molecule is CC/C=C\C/C=C\C/C=C\C/C=C\CCCCC(=O)OC(COC(=O)CCCCCCCCCCC)COC(=O)CCCCCCCCCCCCCCCCCCCCCCCCCCCC. The van der Waals surface area contributed by atoms with Crippen molar-refractivity contribution >= 4 is 17.9 Å². The fourth-order valence-corrected chi connectivity index (χ4v) is 8.67. The van der Waals surface area contributed by atoms with Gasteiger partial charge in [0.1, 0.15) is 13.2 Å². The third-order valence-electron chi connectivity index (χ3n) is 13.1. The Morgan fingerprint density at radius 1 is 0.309 bits per heavy atom. The molecule has 0 radical (unpaired) electrons. The van der Waals surface area contributed by atoms with Crippen LogP contribution in [0.2, 0.25) is 0 Å². The van der Waals surface area contributed by atoms with E-state index in [0.717, 1.165) is 77.0 Å². The first-order valence-electron chi connectivity index (χ1n) is 29.6. The lowest BCUT2D eigenvalue weighted by atomic mass is 10.0. The van der Waals surface area contributed by atoms with Crippen LogP contribution >= 0.6 is 0 Å². The van der Waals surface area contributed by atoms with Gasteiger partial charge in [-0.25, -0.2) is 0 Å². The highest BCUT2D eigenvalue weighted by Crippen LogP contribution is 2.17. The Labute approximate surface area is 422 Å². The Morgan fingerprint density at radius 2 is 0.574 bits per heavy atom. The van der Waals surface area contributed by atoms with Crippen LogP contribution in [0.25, 0.3) is 0 Å². The number of hydrogen-bond donors (Lipinski definition) is 0. The molecule has 0 heterocycles. The maximum atomic E-state index is 12.8. The number of allylic oxidation sites excluding steroid dienone is 8. The van der Waals surface area contributed by atoms with E-state index in [1.165, 1.54) is 186 Å². The van der Waals surface area contributed by atoms with Crippen molar-refractivity contribution in [3.8, 4) is 0 Å². The van der Waals surface area contributed by atoms with Crippen molar-refractivity contribution in [3.63, 3.8) is 0 Å². The Morgan fingerprint density at radius 3 is 0.897 bits per heavy atom. The molecular formula is C62H112O6. The number of esters is 3. The van der Waals surface area contributed by atoms with Crippen LogP contribution in [0.1, 0.15) is 310 Å². The quantitative estimate of drug-likeness (QED) is 0.0262. The van der Waals surface area contributed by atoms with E-state index in [0.29, 0.717) is 19.3 Å². The highest BCUT2D eigenvalue weighted by Gasteiger charge is 2.19. The predicted molar refractivity (Wildman–Crippen MR) is 293 cm³/mol. The molecule has 1 unspecified atom stereocenters. The molecule has 0 saturated carbocycles. The lowest BCUT2D eigenvalue weighted by Crippen LogP contribution is -2.30. The minimum atomic E-state index is -0.790. The molecule has 0 N–H and O–H groups in total. The van der Waals surface area contributed by atoms with E-state index in [1.54, 1.807) is 0 Å². The van der Waals surface area contributed by atoms with Gasteiger partial charge in [0.05, 0.1) is 0 Å². The Balaban J connectivity index is 4.16. The minimum Gasteiger partial charge on any atom is -0.462 e. The average Bonchev–Trinajstić information content (AvgIpc) is 3.34. The summed E-state index contributed by atoms with van der Waals surface area (Å²) in [5.74, 6) is -0.917. The van der Waals surface area contributed by atoms with E-state index < -0.39 is 6.10 Å². The molecule has 0 saturated heterocycles. The molecule has 0 rings (SSSR count). The highest BCUT2D eigenvalue weighted by molar-refractivity contribution is 5.71. The van der Waals surface area contributed by atoms with Crippen LogP contribution < -0.4 is 0 Å². The molecule has 0 fully saturated rings. The fraction of sp³-hybridized carbons (Fsp3) is 0.823.